The summed E-state index contributed by atoms with van der Waals surface area (Å²) in [6, 6.07) is 18.2. The average Bonchev–Trinajstić information content (AvgIpc) is 2.83. The summed E-state index contributed by atoms with van der Waals surface area (Å²) in [5, 5.41) is 2.75. The predicted octanol–water partition coefficient (Wildman–Crippen LogP) is 4.21. The van der Waals surface area contributed by atoms with Gasteiger partial charge in [0.15, 0.2) is 0 Å². The van der Waals surface area contributed by atoms with Crippen molar-refractivity contribution in [2.24, 2.45) is 0 Å². The van der Waals surface area contributed by atoms with Crippen LogP contribution in [0.25, 0.3) is 0 Å². The summed E-state index contributed by atoms with van der Waals surface area (Å²) in [4.78, 5) is 27.2. The maximum absolute atomic E-state index is 13.3. The number of amides is 2. The lowest BCUT2D eigenvalue weighted by Gasteiger charge is -2.22. The monoisotopic (exact) mass is 495 g/mol. The first-order valence-electron chi connectivity index (χ1n) is 11.1. The maximum Gasteiger partial charge on any atom is 0.261 e. The number of ether oxygens (including phenoxy) is 1. The van der Waals surface area contributed by atoms with Crippen molar-refractivity contribution in [3.63, 3.8) is 0 Å². The lowest BCUT2D eigenvalue weighted by atomic mass is 10.1. The standard InChI is InChI=1S/C26H29N3O5S/c1-5-29(17-25(30)27-21-7-6-8-22(15-21)34-4)26(31)24-16-23(14-11-19(24)3)35(32,33)28-20-12-9-18(2)10-13-20/h6-16,28H,5,17H2,1-4H3,(H,27,30). The number of nitrogens with zero attached hydrogens (tertiary/aromatic N) is 1. The smallest absolute Gasteiger partial charge is 0.261 e. The minimum absolute atomic E-state index is 0.0380. The maximum atomic E-state index is 13.3. The van der Waals surface area contributed by atoms with Gasteiger partial charge in [0.25, 0.3) is 15.9 Å². The average molecular weight is 496 g/mol. The largest absolute Gasteiger partial charge is 0.497 e. The van der Waals surface area contributed by atoms with Gasteiger partial charge in [-0.1, -0.05) is 29.8 Å². The van der Waals surface area contributed by atoms with Gasteiger partial charge in [0, 0.05) is 29.5 Å². The van der Waals surface area contributed by atoms with Crippen LogP contribution >= 0.6 is 0 Å². The van der Waals surface area contributed by atoms with E-state index in [4.69, 9.17) is 4.74 Å². The van der Waals surface area contributed by atoms with E-state index >= 15 is 0 Å². The molecule has 3 aromatic rings. The van der Waals surface area contributed by atoms with Crippen LogP contribution in [0, 0.1) is 13.8 Å². The second-order valence-corrected chi connectivity index (χ2v) is 9.73. The number of likely N-dealkylation sites (N-methyl/N-ethyl adjacent to an activating group) is 1. The fourth-order valence-corrected chi connectivity index (χ4v) is 4.49. The second-order valence-electron chi connectivity index (χ2n) is 8.05. The molecule has 0 unspecified atom stereocenters. The third-order valence-corrected chi connectivity index (χ3v) is 6.79. The third kappa shape index (κ3) is 6.60. The van der Waals surface area contributed by atoms with E-state index in [-0.39, 0.29) is 29.5 Å². The van der Waals surface area contributed by atoms with Gasteiger partial charge in [-0.05, 0) is 62.7 Å². The molecule has 8 nitrogen and oxygen atoms in total. The molecule has 184 valence electrons. The minimum atomic E-state index is -3.91. The van der Waals surface area contributed by atoms with Gasteiger partial charge >= 0.3 is 0 Å². The van der Waals surface area contributed by atoms with Gasteiger partial charge in [-0.2, -0.15) is 0 Å². The molecule has 0 aliphatic rings. The first kappa shape index (κ1) is 25.8. The number of rotatable bonds is 9. The normalized spacial score (nSPS) is 11.0. The number of hydrogen-bond donors (Lipinski definition) is 2. The van der Waals surface area contributed by atoms with Crippen LogP contribution in [-0.2, 0) is 14.8 Å². The minimum Gasteiger partial charge on any atom is -0.497 e. The topological polar surface area (TPSA) is 105 Å². The van der Waals surface area contributed by atoms with Crippen molar-refractivity contribution in [3.8, 4) is 5.75 Å². The summed E-state index contributed by atoms with van der Waals surface area (Å²) in [5.74, 6) is -0.215. The van der Waals surface area contributed by atoms with Crippen molar-refractivity contribution >= 4 is 33.2 Å². The molecule has 0 saturated carbocycles. The highest BCUT2D eigenvalue weighted by Crippen LogP contribution is 2.21. The van der Waals surface area contributed by atoms with Crippen LogP contribution in [0.15, 0.2) is 71.6 Å². The molecule has 0 aromatic heterocycles. The van der Waals surface area contributed by atoms with Crippen LogP contribution in [0.2, 0.25) is 0 Å². The first-order valence-corrected chi connectivity index (χ1v) is 12.5. The molecule has 0 aliphatic carbocycles. The third-order valence-electron chi connectivity index (χ3n) is 5.41. The summed E-state index contributed by atoms with van der Waals surface area (Å²) in [5.41, 5.74) is 2.80. The molecule has 3 rings (SSSR count). The highest BCUT2D eigenvalue weighted by atomic mass is 32.2. The number of carbonyl (C=O) groups is 2. The number of nitrogens with one attached hydrogen (secondary N) is 2. The van der Waals surface area contributed by atoms with Crippen molar-refractivity contribution in [1.29, 1.82) is 0 Å². The SMILES string of the molecule is CCN(CC(=O)Nc1cccc(OC)c1)C(=O)c1cc(S(=O)(=O)Nc2ccc(C)cc2)ccc1C. The van der Waals surface area contributed by atoms with Gasteiger partial charge in [-0.15, -0.1) is 0 Å². The van der Waals surface area contributed by atoms with E-state index < -0.39 is 15.9 Å². The van der Waals surface area contributed by atoms with Gasteiger partial charge in [-0.25, -0.2) is 8.42 Å². The number of methoxy groups -OCH3 is 1. The molecule has 2 N–H and O–H groups in total. The molecule has 0 aliphatic heterocycles. The lowest BCUT2D eigenvalue weighted by Crippen LogP contribution is -2.38. The molecule has 3 aromatic carbocycles. The van der Waals surface area contributed by atoms with Crippen molar-refractivity contribution in [2.45, 2.75) is 25.7 Å². The predicted molar refractivity (Wildman–Crippen MR) is 136 cm³/mol. The first-order chi connectivity index (χ1) is 16.6. The Balaban J connectivity index is 1.78. The highest BCUT2D eigenvalue weighted by molar-refractivity contribution is 7.92. The van der Waals surface area contributed by atoms with Gasteiger partial charge in [0.2, 0.25) is 5.91 Å². The quantitative estimate of drug-likeness (QED) is 0.463. The molecule has 2 amide bonds. The van der Waals surface area contributed by atoms with Gasteiger partial charge < -0.3 is 15.0 Å². The number of sulfonamides is 1. The molecule has 0 heterocycles. The molecule has 9 heteroatoms. The van der Waals surface area contributed by atoms with Crippen LogP contribution in [0.1, 0.15) is 28.4 Å². The summed E-state index contributed by atoms with van der Waals surface area (Å²) in [7, 11) is -2.38. The fraction of sp³-hybridized carbons (Fsp3) is 0.231. The zero-order chi connectivity index (χ0) is 25.6. The number of anilines is 2. The van der Waals surface area contributed by atoms with E-state index in [2.05, 4.69) is 10.0 Å². The summed E-state index contributed by atoms with van der Waals surface area (Å²) in [6.45, 7) is 5.46. The van der Waals surface area contributed by atoms with E-state index in [1.165, 1.54) is 24.1 Å². The molecule has 0 saturated heterocycles. The highest BCUT2D eigenvalue weighted by Gasteiger charge is 2.23. The van der Waals surface area contributed by atoms with Crippen molar-refractivity contribution in [3.05, 3.63) is 83.4 Å². The molecule has 0 fully saturated rings. The van der Waals surface area contributed by atoms with Crippen LogP contribution in [-0.4, -0.2) is 45.3 Å². The van der Waals surface area contributed by atoms with E-state index in [1.807, 2.05) is 6.92 Å². The van der Waals surface area contributed by atoms with Crippen LogP contribution in [0.3, 0.4) is 0 Å². The van der Waals surface area contributed by atoms with Crippen molar-refractivity contribution in [1.82, 2.24) is 4.90 Å². The summed E-state index contributed by atoms with van der Waals surface area (Å²) in [6.07, 6.45) is 0. The fourth-order valence-electron chi connectivity index (χ4n) is 3.41. The molecule has 35 heavy (non-hydrogen) atoms. The number of aryl methyl sites for hydroxylation is 2. The Morgan fingerprint density at radius 1 is 0.943 bits per heavy atom. The van der Waals surface area contributed by atoms with Gasteiger partial charge in [-0.3, -0.25) is 14.3 Å². The Morgan fingerprint density at radius 3 is 2.31 bits per heavy atom. The molecule has 0 atom stereocenters. The van der Waals surface area contributed by atoms with Crippen LogP contribution < -0.4 is 14.8 Å². The van der Waals surface area contributed by atoms with Gasteiger partial charge in [0.1, 0.15) is 12.3 Å². The number of benzene rings is 3. The number of carbonyl (C=O) groups excluding carboxylic acids is 2. The molecular formula is C26H29N3O5S. The zero-order valence-corrected chi connectivity index (χ0v) is 21.0. The lowest BCUT2D eigenvalue weighted by molar-refractivity contribution is -0.116. The summed E-state index contributed by atoms with van der Waals surface area (Å²) < 4.78 is 33.6. The van der Waals surface area contributed by atoms with Crippen molar-refractivity contribution < 1.29 is 22.7 Å². The van der Waals surface area contributed by atoms with Gasteiger partial charge in [0.05, 0.1) is 12.0 Å². The molecule has 0 spiro atoms. The second kappa shape index (κ2) is 11.1. The Hall–Kier alpha value is -3.85. The van der Waals surface area contributed by atoms with E-state index in [1.54, 1.807) is 68.4 Å². The number of hydrogen-bond acceptors (Lipinski definition) is 5. The molecule has 0 radical (unpaired) electrons. The zero-order valence-electron chi connectivity index (χ0n) is 20.2. The Labute approximate surface area is 206 Å². The summed E-state index contributed by atoms with van der Waals surface area (Å²) >= 11 is 0. The van der Waals surface area contributed by atoms with Crippen molar-refractivity contribution in [2.75, 3.05) is 30.2 Å². The Morgan fingerprint density at radius 2 is 1.66 bits per heavy atom. The van der Waals surface area contributed by atoms with E-state index in [0.717, 1.165) is 5.56 Å². The molecule has 0 bridgehead atoms. The van der Waals surface area contributed by atoms with E-state index in [9.17, 15) is 18.0 Å². The Bertz CT molecular complexity index is 1320. The van der Waals surface area contributed by atoms with Crippen LogP contribution in [0.4, 0.5) is 11.4 Å². The van der Waals surface area contributed by atoms with Crippen LogP contribution in [0.5, 0.6) is 5.75 Å². The Kier molecular flexibility index (Phi) is 8.14. The molecular weight excluding hydrogens is 466 g/mol. The van der Waals surface area contributed by atoms with E-state index in [0.29, 0.717) is 22.7 Å².